The largest absolute Gasteiger partial charge is 0.453 e. The second-order valence-electron chi connectivity index (χ2n) is 7.24. The molecule has 0 aromatic carbocycles. The molecule has 2 saturated carbocycles. The van der Waals surface area contributed by atoms with Gasteiger partial charge in [-0.2, -0.15) is 0 Å². The van der Waals surface area contributed by atoms with Gasteiger partial charge in [0, 0.05) is 37.6 Å². The summed E-state index contributed by atoms with van der Waals surface area (Å²) in [5.74, 6) is 0.128. The zero-order valence-corrected chi connectivity index (χ0v) is 16.0. The van der Waals surface area contributed by atoms with Crippen LogP contribution >= 0.6 is 0 Å². The van der Waals surface area contributed by atoms with Gasteiger partial charge in [-0.15, -0.1) is 0 Å². The van der Waals surface area contributed by atoms with Crippen molar-refractivity contribution in [2.24, 2.45) is 5.41 Å². The molecule has 0 aliphatic heterocycles. The van der Waals surface area contributed by atoms with Gasteiger partial charge in [0.15, 0.2) is 0 Å². The lowest BCUT2D eigenvalue weighted by atomic mass is 9.54. The molecule has 2 fully saturated rings. The Morgan fingerprint density at radius 1 is 1.20 bits per heavy atom. The molecule has 0 bridgehead atoms. The molecular weight excluding hydrogens is 320 g/mol. The standard InChI is InChI=1S/C19H34N2O4/c1-4-13-21(17(22)9-12-20-18(23)24-3)15-14-16(25-5-2)19(15)10-7-6-8-11-19/h15-16H,4-14H2,1-3H3,(H,20,23)/t15-,16+/m1/s1. The highest BCUT2D eigenvalue weighted by molar-refractivity contribution is 5.78. The number of ether oxygens (including phenoxy) is 2. The summed E-state index contributed by atoms with van der Waals surface area (Å²) in [4.78, 5) is 26.1. The summed E-state index contributed by atoms with van der Waals surface area (Å²) in [6.45, 7) is 6.00. The predicted octanol–water partition coefficient (Wildman–Crippen LogP) is 3.10. The molecule has 2 amide bonds. The number of hydrogen-bond donors (Lipinski definition) is 1. The summed E-state index contributed by atoms with van der Waals surface area (Å²) in [5, 5.41) is 2.60. The second-order valence-corrected chi connectivity index (χ2v) is 7.24. The van der Waals surface area contributed by atoms with E-state index in [4.69, 9.17) is 4.74 Å². The molecule has 2 rings (SSSR count). The number of alkyl carbamates (subject to hydrolysis) is 1. The zero-order chi connectivity index (χ0) is 18.3. The highest BCUT2D eigenvalue weighted by Crippen LogP contribution is 2.55. The summed E-state index contributed by atoms with van der Waals surface area (Å²) in [6, 6.07) is 0.287. The Hall–Kier alpha value is -1.30. The lowest BCUT2D eigenvalue weighted by Gasteiger charge is -2.60. The van der Waals surface area contributed by atoms with E-state index in [0.717, 1.165) is 38.8 Å². The van der Waals surface area contributed by atoms with Crippen LogP contribution in [0.1, 0.15) is 65.2 Å². The number of hydrogen-bond acceptors (Lipinski definition) is 4. The van der Waals surface area contributed by atoms with Gasteiger partial charge in [0.05, 0.1) is 13.2 Å². The maximum Gasteiger partial charge on any atom is 0.406 e. The van der Waals surface area contributed by atoms with Crippen molar-refractivity contribution in [3.63, 3.8) is 0 Å². The molecule has 144 valence electrons. The van der Waals surface area contributed by atoms with Gasteiger partial charge in [-0.3, -0.25) is 4.79 Å². The van der Waals surface area contributed by atoms with Crippen molar-refractivity contribution in [1.29, 1.82) is 0 Å². The smallest absolute Gasteiger partial charge is 0.406 e. The van der Waals surface area contributed by atoms with Crippen LogP contribution in [0.5, 0.6) is 0 Å². The van der Waals surface area contributed by atoms with Gasteiger partial charge >= 0.3 is 6.09 Å². The van der Waals surface area contributed by atoms with Crippen LogP contribution in [-0.2, 0) is 14.3 Å². The number of methoxy groups -OCH3 is 1. The fourth-order valence-electron chi connectivity index (χ4n) is 4.65. The van der Waals surface area contributed by atoms with E-state index in [1.54, 1.807) is 0 Å². The van der Waals surface area contributed by atoms with Crippen LogP contribution in [0, 0.1) is 5.41 Å². The molecule has 6 nitrogen and oxygen atoms in total. The first-order valence-corrected chi connectivity index (χ1v) is 9.82. The second kappa shape index (κ2) is 9.41. The summed E-state index contributed by atoms with van der Waals surface area (Å²) in [6.07, 6.45) is 8.11. The van der Waals surface area contributed by atoms with E-state index < -0.39 is 6.09 Å². The van der Waals surface area contributed by atoms with E-state index in [1.165, 1.54) is 26.4 Å². The van der Waals surface area contributed by atoms with Crippen molar-refractivity contribution in [2.75, 3.05) is 26.8 Å². The number of carbonyl (C=O) groups is 2. The van der Waals surface area contributed by atoms with Crippen LogP contribution in [0.15, 0.2) is 0 Å². The number of amides is 2. The summed E-state index contributed by atoms with van der Waals surface area (Å²) < 4.78 is 10.6. The van der Waals surface area contributed by atoms with Gasteiger partial charge in [-0.05, 0) is 32.6 Å². The topological polar surface area (TPSA) is 67.9 Å². The summed E-state index contributed by atoms with van der Waals surface area (Å²) in [5.41, 5.74) is 0.148. The molecule has 0 aromatic rings. The average Bonchev–Trinajstić information content (AvgIpc) is 2.63. The molecule has 0 heterocycles. The van der Waals surface area contributed by atoms with Gasteiger partial charge in [0.2, 0.25) is 5.91 Å². The molecule has 2 atom stereocenters. The third kappa shape index (κ3) is 4.46. The molecule has 0 aromatic heterocycles. The number of nitrogens with one attached hydrogen (secondary N) is 1. The van der Waals surface area contributed by atoms with Gasteiger partial charge < -0.3 is 19.7 Å². The van der Waals surface area contributed by atoms with Crippen molar-refractivity contribution in [2.45, 2.75) is 77.4 Å². The molecule has 0 radical (unpaired) electrons. The van der Waals surface area contributed by atoms with Crippen molar-refractivity contribution in [3.8, 4) is 0 Å². The Labute approximate surface area is 151 Å². The van der Waals surface area contributed by atoms with Crippen LogP contribution < -0.4 is 5.32 Å². The monoisotopic (exact) mass is 354 g/mol. The predicted molar refractivity (Wildman–Crippen MR) is 96.4 cm³/mol. The minimum atomic E-state index is -0.487. The van der Waals surface area contributed by atoms with Crippen LogP contribution in [0.4, 0.5) is 4.79 Å². The Morgan fingerprint density at radius 3 is 2.52 bits per heavy atom. The van der Waals surface area contributed by atoms with E-state index in [9.17, 15) is 9.59 Å². The van der Waals surface area contributed by atoms with Gasteiger partial charge in [-0.25, -0.2) is 4.79 Å². The van der Waals surface area contributed by atoms with E-state index >= 15 is 0 Å². The van der Waals surface area contributed by atoms with Crippen LogP contribution in [-0.4, -0.2) is 55.9 Å². The quantitative estimate of drug-likeness (QED) is 0.727. The molecule has 25 heavy (non-hydrogen) atoms. The molecular formula is C19H34N2O4. The van der Waals surface area contributed by atoms with Gasteiger partial charge in [-0.1, -0.05) is 26.2 Å². The fourth-order valence-corrected chi connectivity index (χ4v) is 4.65. The SMILES string of the molecule is CCCN(C(=O)CCNC(=O)OC)[C@@H]1C[C@H](OCC)C12CCCCC2. The van der Waals surface area contributed by atoms with Crippen molar-refractivity contribution >= 4 is 12.0 Å². The van der Waals surface area contributed by atoms with Crippen molar-refractivity contribution < 1.29 is 19.1 Å². The maximum absolute atomic E-state index is 12.8. The Kier molecular flexibility index (Phi) is 7.54. The van der Waals surface area contributed by atoms with Crippen LogP contribution in [0.25, 0.3) is 0 Å². The molecule has 0 unspecified atom stereocenters. The highest BCUT2D eigenvalue weighted by atomic mass is 16.5. The lowest BCUT2D eigenvalue weighted by Crippen LogP contribution is -2.66. The molecule has 1 spiro atoms. The summed E-state index contributed by atoms with van der Waals surface area (Å²) in [7, 11) is 1.33. The molecule has 2 aliphatic carbocycles. The number of carbonyl (C=O) groups excluding carboxylic acids is 2. The van der Waals surface area contributed by atoms with Crippen molar-refractivity contribution in [1.82, 2.24) is 10.2 Å². The Balaban J connectivity index is 2.02. The Bertz CT molecular complexity index is 449. The minimum Gasteiger partial charge on any atom is -0.453 e. The van der Waals surface area contributed by atoms with Crippen molar-refractivity contribution in [3.05, 3.63) is 0 Å². The fraction of sp³-hybridized carbons (Fsp3) is 0.895. The lowest BCUT2D eigenvalue weighted by molar-refractivity contribution is -0.188. The van der Waals surface area contributed by atoms with Crippen LogP contribution in [0.2, 0.25) is 0 Å². The normalized spacial score (nSPS) is 24.4. The molecule has 0 saturated heterocycles. The third-order valence-corrected chi connectivity index (χ3v) is 5.85. The number of nitrogens with zero attached hydrogens (tertiary/aromatic N) is 1. The zero-order valence-electron chi connectivity index (χ0n) is 16.0. The van der Waals surface area contributed by atoms with Gasteiger partial charge in [0.1, 0.15) is 0 Å². The Morgan fingerprint density at radius 2 is 1.92 bits per heavy atom. The molecule has 6 heteroatoms. The van der Waals surface area contributed by atoms with E-state index in [0.29, 0.717) is 19.1 Å². The van der Waals surface area contributed by atoms with Crippen LogP contribution in [0.3, 0.4) is 0 Å². The first kappa shape index (κ1) is 20.0. The maximum atomic E-state index is 12.8. The van der Waals surface area contributed by atoms with Gasteiger partial charge in [0.25, 0.3) is 0 Å². The summed E-state index contributed by atoms with van der Waals surface area (Å²) >= 11 is 0. The first-order chi connectivity index (χ1) is 12.1. The molecule has 2 aliphatic rings. The van der Waals surface area contributed by atoms with E-state index in [2.05, 4.69) is 28.8 Å². The average molecular weight is 354 g/mol. The first-order valence-electron chi connectivity index (χ1n) is 9.82. The highest BCUT2D eigenvalue weighted by Gasteiger charge is 2.58. The molecule has 1 N–H and O–H groups in total. The third-order valence-electron chi connectivity index (χ3n) is 5.85. The van der Waals surface area contributed by atoms with E-state index in [-0.39, 0.29) is 17.4 Å². The number of rotatable bonds is 8. The minimum absolute atomic E-state index is 0.128. The van der Waals surface area contributed by atoms with E-state index in [1.807, 2.05) is 0 Å².